The van der Waals surface area contributed by atoms with Gasteiger partial charge in [-0.3, -0.25) is 14.2 Å². The fourth-order valence-corrected chi connectivity index (χ4v) is 6.47. The molecule has 2 aromatic rings. The number of anilines is 1. The molecule has 0 aliphatic rings. The van der Waals surface area contributed by atoms with Gasteiger partial charge in [0.2, 0.25) is 11.9 Å². The number of sulfone groups is 1. The van der Waals surface area contributed by atoms with E-state index in [1.807, 2.05) is 0 Å². The van der Waals surface area contributed by atoms with Crippen molar-refractivity contribution in [2.45, 2.75) is 88.1 Å². The van der Waals surface area contributed by atoms with Crippen LogP contribution in [-0.4, -0.2) is 36.3 Å². The van der Waals surface area contributed by atoms with Gasteiger partial charge in [-0.1, -0.05) is 67.4 Å². The minimum Gasteiger partial charge on any atom is -0.387 e. The topological polar surface area (TPSA) is 185 Å². The number of rotatable bonds is 16. The Labute approximate surface area is 238 Å². The molecule has 39 heavy (non-hydrogen) atoms. The highest BCUT2D eigenvalue weighted by atomic mass is 79.9. The first-order valence-corrected chi connectivity index (χ1v) is 15.3. The van der Waals surface area contributed by atoms with Gasteiger partial charge >= 0.3 is 0 Å². The van der Waals surface area contributed by atoms with Crippen LogP contribution in [0.15, 0.2) is 55.7 Å². The number of carbonyl (C=O) groups is 1. The molecule has 3 unspecified atom stereocenters. The van der Waals surface area contributed by atoms with E-state index in [9.17, 15) is 18.0 Å². The standard InChI is InChI=1S/C26H39BrN6O5S/c1-4-5-6-7-8-9-13-22(39(36,37)20-12-10-11-19(27)16-20)31-21-15-14-17(2)33(25(21)35)23(24(28)34)18(3)38-32-26(29)30/h10-12,14-16,18,22-23,31H,4-9,13H2,1-3H3,(H2,28,34)(H4,29,30,32). The molecule has 11 nitrogen and oxygen atoms in total. The third kappa shape index (κ3) is 8.99. The van der Waals surface area contributed by atoms with E-state index in [1.165, 1.54) is 25.1 Å². The molecule has 0 saturated carbocycles. The van der Waals surface area contributed by atoms with Gasteiger partial charge in [-0.25, -0.2) is 8.42 Å². The van der Waals surface area contributed by atoms with Crippen molar-refractivity contribution < 1.29 is 18.0 Å². The first kappa shape index (κ1) is 32.2. The number of hydrogen-bond donors (Lipinski definition) is 4. The minimum atomic E-state index is -3.88. The van der Waals surface area contributed by atoms with E-state index in [4.69, 9.17) is 22.0 Å². The lowest BCUT2D eigenvalue weighted by molar-refractivity contribution is -0.125. The average Bonchev–Trinajstić information content (AvgIpc) is 2.87. The second kappa shape index (κ2) is 14.9. The summed E-state index contributed by atoms with van der Waals surface area (Å²) in [6.07, 6.45) is 5.15. The highest BCUT2D eigenvalue weighted by Crippen LogP contribution is 2.25. The number of nitrogens with one attached hydrogen (secondary N) is 1. The number of primary amides is 1. The molecule has 3 atom stereocenters. The van der Waals surface area contributed by atoms with Crippen molar-refractivity contribution in [2.75, 3.05) is 5.32 Å². The van der Waals surface area contributed by atoms with Gasteiger partial charge in [0.15, 0.2) is 22.0 Å². The molecule has 1 aromatic carbocycles. The summed E-state index contributed by atoms with van der Waals surface area (Å²) in [5.74, 6) is -1.21. The number of pyridine rings is 1. The van der Waals surface area contributed by atoms with Gasteiger partial charge in [0.1, 0.15) is 11.1 Å². The summed E-state index contributed by atoms with van der Waals surface area (Å²) in [6, 6.07) is 8.27. The van der Waals surface area contributed by atoms with Gasteiger partial charge in [-0.15, -0.1) is 0 Å². The van der Waals surface area contributed by atoms with Crippen LogP contribution in [0.2, 0.25) is 0 Å². The molecule has 1 aromatic heterocycles. The Morgan fingerprint density at radius 3 is 2.38 bits per heavy atom. The molecule has 7 N–H and O–H groups in total. The second-order valence-corrected chi connectivity index (χ2v) is 12.5. The summed E-state index contributed by atoms with van der Waals surface area (Å²) in [5, 5.41) is 5.35. The average molecular weight is 628 g/mol. The van der Waals surface area contributed by atoms with Crippen molar-refractivity contribution in [1.82, 2.24) is 4.57 Å². The van der Waals surface area contributed by atoms with E-state index in [0.717, 1.165) is 36.7 Å². The Balaban J connectivity index is 2.47. The molecular weight excluding hydrogens is 588 g/mol. The van der Waals surface area contributed by atoms with Crippen molar-refractivity contribution in [3.05, 3.63) is 56.9 Å². The van der Waals surface area contributed by atoms with Crippen LogP contribution >= 0.6 is 15.9 Å². The van der Waals surface area contributed by atoms with Crippen LogP contribution in [0.3, 0.4) is 0 Å². The van der Waals surface area contributed by atoms with Crippen LogP contribution in [0.5, 0.6) is 0 Å². The van der Waals surface area contributed by atoms with Crippen LogP contribution in [0.1, 0.15) is 70.5 Å². The van der Waals surface area contributed by atoms with E-state index in [-0.39, 0.29) is 23.0 Å². The zero-order chi connectivity index (χ0) is 29.2. The fourth-order valence-electron chi connectivity index (χ4n) is 4.27. The number of halogens is 1. The third-order valence-electron chi connectivity index (χ3n) is 6.29. The zero-order valence-electron chi connectivity index (χ0n) is 22.6. The quantitative estimate of drug-likeness (QED) is 0.0943. The monoisotopic (exact) mass is 626 g/mol. The molecule has 2 rings (SSSR count). The van der Waals surface area contributed by atoms with Gasteiger partial charge in [0.05, 0.1) is 4.90 Å². The molecule has 1 heterocycles. The Kier molecular flexibility index (Phi) is 12.3. The van der Waals surface area contributed by atoms with Crippen LogP contribution in [0.4, 0.5) is 5.69 Å². The van der Waals surface area contributed by atoms with E-state index < -0.39 is 38.8 Å². The summed E-state index contributed by atoms with van der Waals surface area (Å²) in [6.45, 7) is 5.25. The summed E-state index contributed by atoms with van der Waals surface area (Å²) < 4.78 is 29.2. The van der Waals surface area contributed by atoms with Crippen LogP contribution in [0.25, 0.3) is 0 Å². The second-order valence-electron chi connectivity index (χ2n) is 9.43. The van der Waals surface area contributed by atoms with Gasteiger partial charge in [0.25, 0.3) is 5.56 Å². The van der Waals surface area contributed by atoms with E-state index in [0.29, 0.717) is 16.6 Å². The van der Waals surface area contributed by atoms with Gasteiger partial charge in [0, 0.05) is 10.2 Å². The summed E-state index contributed by atoms with van der Waals surface area (Å²) in [5.41, 5.74) is 16.1. The third-order valence-corrected chi connectivity index (χ3v) is 8.80. The number of nitrogens with zero attached hydrogens (tertiary/aromatic N) is 2. The molecule has 13 heteroatoms. The molecule has 0 bridgehead atoms. The largest absolute Gasteiger partial charge is 0.387 e. The van der Waals surface area contributed by atoms with E-state index in [2.05, 4.69) is 33.3 Å². The van der Waals surface area contributed by atoms with E-state index in [1.54, 1.807) is 25.1 Å². The number of guanidine groups is 1. The number of carbonyl (C=O) groups excluding carboxylic acids is 1. The molecule has 0 radical (unpaired) electrons. The van der Waals surface area contributed by atoms with Crippen LogP contribution < -0.4 is 28.1 Å². The first-order chi connectivity index (χ1) is 18.4. The number of unbranched alkanes of at least 4 members (excludes halogenated alkanes) is 5. The lowest BCUT2D eigenvalue weighted by Crippen LogP contribution is -2.43. The highest BCUT2D eigenvalue weighted by Gasteiger charge is 2.32. The first-order valence-electron chi connectivity index (χ1n) is 12.9. The number of aryl methyl sites for hydroxylation is 1. The predicted molar refractivity (Wildman–Crippen MR) is 157 cm³/mol. The summed E-state index contributed by atoms with van der Waals surface area (Å²) in [4.78, 5) is 31.3. The molecular formula is C26H39BrN6O5S. The number of nitrogens with two attached hydrogens (primary N) is 3. The number of amides is 1. The lowest BCUT2D eigenvalue weighted by Gasteiger charge is -2.25. The Morgan fingerprint density at radius 2 is 1.77 bits per heavy atom. The zero-order valence-corrected chi connectivity index (χ0v) is 25.0. The maximum atomic E-state index is 13.7. The molecule has 0 saturated heterocycles. The Morgan fingerprint density at radius 1 is 1.10 bits per heavy atom. The van der Waals surface area contributed by atoms with Crippen molar-refractivity contribution in [2.24, 2.45) is 22.4 Å². The van der Waals surface area contributed by atoms with Crippen LogP contribution in [-0.2, 0) is 19.5 Å². The van der Waals surface area contributed by atoms with Crippen molar-refractivity contribution >= 4 is 43.3 Å². The molecule has 0 fully saturated rings. The maximum absolute atomic E-state index is 13.7. The molecule has 0 aliphatic heterocycles. The predicted octanol–water partition coefficient (Wildman–Crippen LogP) is 3.50. The smallest absolute Gasteiger partial charge is 0.274 e. The molecule has 0 aliphatic carbocycles. The fraction of sp³-hybridized carbons (Fsp3) is 0.500. The number of hydrogen-bond acceptors (Lipinski definition) is 7. The van der Waals surface area contributed by atoms with Gasteiger partial charge in [-0.05, 0) is 55.8 Å². The minimum absolute atomic E-state index is 0.00967. The number of benzene rings is 1. The van der Waals surface area contributed by atoms with Crippen molar-refractivity contribution in [3.8, 4) is 0 Å². The van der Waals surface area contributed by atoms with Gasteiger partial charge in [-0.2, -0.15) is 0 Å². The SMILES string of the molecule is CCCCCCCCC(Nc1ccc(C)n(C(C(N)=O)C(C)ON=C(N)N)c1=O)S(=O)(=O)c1cccc(Br)c1. The Hall–Kier alpha value is -3.06. The normalized spacial score (nSPS) is 13.7. The number of aromatic nitrogens is 1. The molecule has 1 amide bonds. The van der Waals surface area contributed by atoms with E-state index >= 15 is 0 Å². The summed E-state index contributed by atoms with van der Waals surface area (Å²) in [7, 11) is -3.88. The maximum Gasteiger partial charge on any atom is 0.274 e. The van der Waals surface area contributed by atoms with Gasteiger partial charge < -0.3 is 27.4 Å². The van der Waals surface area contributed by atoms with Crippen LogP contribution in [0, 0.1) is 6.92 Å². The Bertz CT molecular complexity index is 1310. The molecule has 0 spiro atoms. The number of oxime groups is 1. The summed E-state index contributed by atoms with van der Waals surface area (Å²) >= 11 is 3.33. The highest BCUT2D eigenvalue weighted by molar-refractivity contribution is 9.10. The lowest BCUT2D eigenvalue weighted by atomic mass is 10.1. The van der Waals surface area contributed by atoms with Crippen molar-refractivity contribution in [3.63, 3.8) is 0 Å². The molecule has 216 valence electrons. The van der Waals surface area contributed by atoms with Crippen molar-refractivity contribution in [1.29, 1.82) is 0 Å².